The zero-order valence-corrected chi connectivity index (χ0v) is 25.6. The van der Waals surface area contributed by atoms with Crippen LogP contribution < -0.4 is 4.90 Å². The number of hydrogen-bond donors (Lipinski definition) is 6. The summed E-state index contributed by atoms with van der Waals surface area (Å²) in [5, 5.41) is 61.5. The number of amides is 1. The summed E-state index contributed by atoms with van der Waals surface area (Å²) in [6.07, 6.45) is -7.37. The van der Waals surface area contributed by atoms with Gasteiger partial charge in [-0.15, -0.1) is 11.8 Å². The van der Waals surface area contributed by atoms with E-state index in [-0.39, 0.29) is 17.4 Å². The molecule has 246 valence electrons. The third kappa shape index (κ3) is 6.50. The number of anilines is 1. The summed E-state index contributed by atoms with van der Waals surface area (Å²) in [6.45, 7) is -0.537. The van der Waals surface area contributed by atoms with Gasteiger partial charge in [0.05, 0.1) is 18.8 Å². The van der Waals surface area contributed by atoms with Gasteiger partial charge in [-0.05, 0) is 64.7 Å². The van der Waals surface area contributed by atoms with Gasteiger partial charge >= 0.3 is 0 Å². The Kier molecular flexibility index (Phi) is 9.62. The molecule has 4 aromatic carbocycles. The van der Waals surface area contributed by atoms with Gasteiger partial charge in [0.25, 0.3) is 0 Å². The zero-order chi connectivity index (χ0) is 33.4. The van der Waals surface area contributed by atoms with Crippen molar-refractivity contribution in [2.24, 2.45) is 0 Å². The minimum absolute atomic E-state index is 0.0881. The zero-order valence-electron chi connectivity index (χ0n) is 24.8. The normalized spacial score (nSPS) is 26.6. The van der Waals surface area contributed by atoms with Crippen LogP contribution in [0.1, 0.15) is 34.9 Å². The van der Waals surface area contributed by atoms with E-state index in [9.17, 15) is 44.2 Å². The Hall–Kier alpha value is -3.88. The van der Waals surface area contributed by atoms with E-state index in [0.717, 1.165) is 0 Å². The predicted molar refractivity (Wildman–Crippen MR) is 170 cm³/mol. The minimum atomic E-state index is -1.50. The summed E-state index contributed by atoms with van der Waals surface area (Å²) in [5.74, 6) is -1.12. The number of phenolic OH excluding ortho intramolecular Hbond substituents is 1. The first-order chi connectivity index (χ1) is 22.6. The first-order valence-electron chi connectivity index (χ1n) is 14.9. The largest absolute Gasteiger partial charge is 0.508 e. The summed E-state index contributed by atoms with van der Waals surface area (Å²) < 4.78 is 32.7. The van der Waals surface area contributed by atoms with Crippen LogP contribution in [0.5, 0.6) is 5.75 Å². The lowest BCUT2D eigenvalue weighted by atomic mass is 9.89. The fourth-order valence-corrected chi connectivity index (χ4v) is 7.30. The van der Waals surface area contributed by atoms with E-state index in [1.54, 1.807) is 42.5 Å². The van der Waals surface area contributed by atoms with Crippen molar-refractivity contribution < 1.29 is 49.0 Å². The number of carbonyl (C=O) groups is 1. The highest BCUT2D eigenvalue weighted by atomic mass is 32.2. The second-order valence-electron chi connectivity index (χ2n) is 11.6. The Morgan fingerprint density at radius 1 is 0.809 bits per heavy atom. The number of phenols is 1. The number of halogens is 2. The van der Waals surface area contributed by atoms with Crippen molar-refractivity contribution in [2.75, 3.05) is 17.3 Å². The fourth-order valence-electron chi connectivity index (χ4n) is 6.01. The number of benzene rings is 4. The van der Waals surface area contributed by atoms with E-state index < -0.39 is 66.2 Å². The van der Waals surface area contributed by atoms with Crippen molar-refractivity contribution in [2.45, 2.75) is 47.9 Å². The topological polar surface area (TPSA) is 151 Å². The van der Waals surface area contributed by atoms with Crippen molar-refractivity contribution in [3.8, 4) is 16.9 Å². The highest BCUT2D eigenvalue weighted by Crippen LogP contribution is 2.48. The molecule has 0 spiro atoms. The first-order valence-corrected chi connectivity index (χ1v) is 16.0. The van der Waals surface area contributed by atoms with Gasteiger partial charge in [-0.25, -0.2) is 8.78 Å². The number of hydrogen-bond acceptors (Lipinski definition) is 9. The summed E-state index contributed by atoms with van der Waals surface area (Å²) in [7, 11) is 0. The molecule has 1 amide bonds. The van der Waals surface area contributed by atoms with Crippen LogP contribution in [0.15, 0.2) is 91.0 Å². The third-order valence-corrected chi connectivity index (χ3v) is 9.98. The maximum atomic E-state index is 13.7. The van der Waals surface area contributed by atoms with Crippen LogP contribution >= 0.6 is 11.8 Å². The summed E-state index contributed by atoms with van der Waals surface area (Å²) in [6, 6.07) is 22.1. The number of β-lactam (4-membered cyclic amide) rings is 1. The van der Waals surface area contributed by atoms with E-state index in [4.69, 9.17) is 4.74 Å². The molecule has 2 fully saturated rings. The fraction of sp³-hybridized carbons (Fsp3) is 0.286. The van der Waals surface area contributed by atoms with E-state index in [2.05, 4.69) is 0 Å². The Balaban J connectivity index is 1.24. The molecule has 12 heteroatoms. The van der Waals surface area contributed by atoms with Crippen molar-refractivity contribution in [3.05, 3.63) is 119 Å². The van der Waals surface area contributed by atoms with E-state index in [0.29, 0.717) is 33.5 Å². The van der Waals surface area contributed by atoms with Crippen molar-refractivity contribution in [1.29, 1.82) is 0 Å². The second kappa shape index (κ2) is 13.7. The predicted octanol–water partition coefficient (Wildman–Crippen LogP) is 3.78. The molecule has 2 aliphatic rings. The third-order valence-electron chi connectivity index (χ3n) is 8.65. The molecule has 47 heavy (non-hydrogen) atoms. The number of rotatable bonds is 9. The quantitative estimate of drug-likeness (QED) is 0.147. The van der Waals surface area contributed by atoms with Crippen LogP contribution in [0, 0.1) is 11.6 Å². The van der Waals surface area contributed by atoms with Crippen molar-refractivity contribution >= 4 is 23.4 Å². The highest BCUT2D eigenvalue weighted by Gasteiger charge is 2.50. The van der Waals surface area contributed by atoms with Crippen LogP contribution in [0.2, 0.25) is 0 Å². The van der Waals surface area contributed by atoms with Gasteiger partial charge in [0, 0.05) is 17.0 Å². The lowest BCUT2D eigenvalue weighted by molar-refractivity contribution is -0.231. The molecule has 4 aromatic rings. The molecule has 0 radical (unpaired) electrons. The van der Waals surface area contributed by atoms with Gasteiger partial charge in [-0.1, -0.05) is 48.5 Å². The Labute approximate surface area is 273 Å². The van der Waals surface area contributed by atoms with Gasteiger partial charge in [-0.2, -0.15) is 0 Å². The average molecular weight is 666 g/mol. The molecule has 2 saturated heterocycles. The SMILES string of the molecule is O=C1[C@H](SC[C@H](O)c2ccc(F)cc2)[C@@H](c2ccc(-c3ccc(C4O[C@H](CO)[C@@H](O)[C@H](O)[C@H]4O)cc3)cc2O)N1c1ccc(F)cc1. The van der Waals surface area contributed by atoms with Gasteiger partial charge in [0.15, 0.2) is 0 Å². The molecule has 2 aliphatic heterocycles. The Morgan fingerprint density at radius 2 is 1.43 bits per heavy atom. The van der Waals surface area contributed by atoms with Crippen LogP contribution in [0.4, 0.5) is 14.5 Å². The monoisotopic (exact) mass is 665 g/mol. The molecule has 6 rings (SSSR count). The number of ether oxygens (including phenoxy) is 1. The lowest BCUT2D eigenvalue weighted by Crippen LogP contribution is -2.57. The van der Waals surface area contributed by atoms with E-state index >= 15 is 0 Å². The molecule has 6 N–H and O–H groups in total. The van der Waals surface area contributed by atoms with Crippen LogP contribution in [0.3, 0.4) is 0 Å². The summed E-state index contributed by atoms with van der Waals surface area (Å²) >= 11 is 1.21. The molecule has 2 heterocycles. The smallest absolute Gasteiger partial charge is 0.243 e. The molecule has 1 unspecified atom stereocenters. The molecule has 0 saturated carbocycles. The summed E-state index contributed by atoms with van der Waals surface area (Å²) in [4.78, 5) is 14.9. The number of carbonyl (C=O) groups excluding carboxylic acids is 1. The van der Waals surface area contributed by atoms with Crippen molar-refractivity contribution in [1.82, 2.24) is 0 Å². The molecular weight excluding hydrogens is 632 g/mol. The Morgan fingerprint density at radius 3 is 2.04 bits per heavy atom. The van der Waals surface area contributed by atoms with Gasteiger partial charge < -0.3 is 40.3 Å². The average Bonchev–Trinajstić information content (AvgIpc) is 3.07. The lowest BCUT2D eigenvalue weighted by Gasteiger charge is -2.47. The van der Waals surface area contributed by atoms with Gasteiger partial charge in [0.2, 0.25) is 5.91 Å². The number of nitrogens with zero attached hydrogens (tertiary/aromatic N) is 1. The van der Waals surface area contributed by atoms with Gasteiger partial charge in [0.1, 0.15) is 53.2 Å². The number of thioether (sulfide) groups is 1. The second-order valence-corrected chi connectivity index (χ2v) is 12.8. The van der Waals surface area contributed by atoms with Crippen molar-refractivity contribution in [3.63, 3.8) is 0 Å². The molecule has 0 aromatic heterocycles. The Bertz CT molecular complexity index is 1710. The molecular formula is C35H33F2NO8S. The minimum Gasteiger partial charge on any atom is -0.508 e. The summed E-state index contributed by atoms with van der Waals surface area (Å²) in [5.41, 5.74) is 3.25. The number of aliphatic hydroxyl groups excluding tert-OH is 5. The van der Waals surface area contributed by atoms with Crippen LogP contribution in [0.25, 0.3) is 11.1 Å². The molecule has 9 nitrogen and oxygen atoms in total. The van der Waals surface area contributed by atoms with E-state index in [1.807, 2.05) is 0 Å². The highest BCUT2D eigenvalue weighted by molar-refractivity contribution is 8.00. The van der Waals surface area contributed by atoms with Crippen LogP contribution in [-0.2, 0) is 9.53 Å². The molecule has 0 aliphatic carbocycles. The number of aromatic hydroxyl groups is 1. The maximum Gasteiger partial charge on any atom is 0.243 e. The van der Waals surface area contributed by atoms with E-state index in [1.165, 1.54) is 65.2 Å². The van der Waals surface area contributed by atoms with Crippen LogP contribution in [-0.4, -0.2) is 78.6 Å². The molecule has 8 atom stereocenters. The first kappa shape index (κ1) is 33.0. The number of aliphatic hydroxyl groups is 5. The molecule has 0 bridgehead atoms. The van der Waals surface area contributed by atoms with Gasteiger partial charge in [-0.3, -0.25) is 4.79 Å². The standard InChI is InChI=1S/C35H33F2NO8S/c36-22-8-5-19(6-9-22)27(41)17-47-34-29(38(35(34)45)24-12-10-23(37)11-13-24)25-14-7-21(15-26(25)40)18-1-3-20(4-2-18)33-32(44)31(43)30(42)28(16-39)46-33/h1-15,27-34,39-44H,16-17H2/t27-,28+,29+,30+,31-,32+,33?,34+/m0/s1. The maximum absolute atomic E-state index is 13.7.